The molecule has 2 aromatic rings. The van der Waals surface area contributed by atoms with Crippen molar-refractivity contribution in [3.8, 4) is 0 Å². The zero-order chi connectivity index (χ0) is 18.6. The van der Waals surface area contributed by atoms with E-state index in [0.29, 0.717) is 5.69 Å². The minimum atomic E-state index is -3.94. The number of nitro benzene ring substituents is 1. The molecule has 0 saturated carbocycles. The molecule has 0 saturated heterocycles. The Kier molecular flexibility index (Phi) is 5.98. The smallest absolute Gasteiger partial charge is 0.271 e. The number of hydrogen-bond donors (Lipinski definition) is 3. The van der Waals surface area contributed by atoms with Crippen molar-refractivity contribution in [2.45, 2.75) is 11.8 Å². The van der Waals surface area contributed by atoms with E-state index in [1.807, 2.05) is 0 Å². The number of anilines is 2. The highest BCUT2D eigenvalue weighted by atomic mass is 79.9. The fourth-order valence-corrected chi connectivity index (χ4v) is 3.46. The lowest BCUT2D eigenvalue weighted by molar-refractivity contribution is -0.384. The molecule has 0 aliphatic heterocycles. The minimum absolute atomic E-state index is 0.0308. The number of non-ortho nitro benzene ring substituents is 1. The van der Waals surface area contributed by atoms with E-state index < -0.39 is 14.9 Å². The maximum absolute atomic E-state index is 12.6. The van der Waals surface area contributed by atoms with Gasteiger partial charge in [-0.25, -0.2) is 8.42 Å². The number of nitro groups is 1. The Morgan fingerprint density at radius 3 is 2.52 bits per heavy atom. The molecule has 0 heterocycles. The van der Waals surface area contributed by atoms with Gasteiger partial charge in [0.2, 0.25) is 0 Å². The number of rotatable bonds is 7. The van der Waals surface area contributed by atoms with Crippen molar-refractivity contribution in [1.29, 1.82) is 0 Å². The van der Waals surface area contributed by atoms with E-state index in [-0.39, 0.29) is 29.4 Å². The van der Waals surface area contributed by atoms with Crippen LogP contribution in [0.4, 0.5) is 17.1 Å². The lowest BCUT2D eigenvalue weighted by Crippen LogP contribution is -2.16. The highest BCUT2D eigenvalue weighted by Gasteiger charge is 2.19. The van der Waals surface area contributed by atoms with Crippen LogP contribution in [0, 0.1) is 17.0 Å². The van der Waals surface area contributed by atoms with E-state index in [9.17, 15) is 18.5 Å². The van der Waals surface area contributed by atoms with Gasteiger partial charge in [-0.05, 0) is 36.8 Å². The number of benzene rings is 2. The molecule has 25 heavy (non-hydrogen) atoms. The van der Waals surface area contributed by atoms with E-state index >= 15 is 0 Å². The van der Waals surface area contributed by atoms with Crippen molar-refractivity contribution in [2.24, 2.45) is 0 Å². The predicted molar refractivity (Wildman–Crippen MR) is 98.4 cm³/mol. The van der Waals surface area contributed by atoms with E-state index in [2.05, 4.69) is 26.0 Å². The Morgan fingerprint density at radius 1 is 1.20 bits per heavy atom. The minimum Gasteiger partial charge on any atom is -0.395 e. The number of sulfonamides is 1. The maximum Gasteiger partial charge on any atom is 0.271 e. The molecule has 0 amide bonds. The summed E-state index contributed by atoms with van der Waals surface area (Å²) in [5.41, 5.74) is 0.847. The largest absolute Gasteiger partial charge is 0.395 e. The summed E-state index contributed by atoms with van der Waals surface area (Å²) in [4.78, 5) is 10.4. The Balaban J connectivity index is 2.43. The second-order valence-corrected chi connectivity index (χ2v) is 7.69. The van der Waals surface area contributed by atoms with Crippen molar-refractivity contribution >= 4 is 43.0 Å². The highest BCUT2D eigenvalue weighted by molar-refractivity contribution is 9.10. The molecular weight excluding hydrogens is 414 g/mol. The highest BCUT2D eigenvalue weighted by Crippen LogP contribution is 2.30. The van der Waals surface area contributed by atoms with Gasteiger partial charge in [0, 0.05) is 23.2 Å². The SMILES string of the molecule is Cc1cc(S(=O)(=O)Nc2cc([N+](=O)[O-])ccc2NCCO)ccc1Br. The predicted octanol–water partition coefficient (Wildman–Crippen LogP) is 2.87. The van der Waals surface area contributed by atoms with Crippen molar-refractivity contribution in [3.05, 3.63) is 56.5 Å². The zero-order valence-corrected chi connectivity index (χ0v) is 15.6. The number of nitrogens with one attached hydrogen (secondary N) is 2. The summed E-state index contributed by atoms with van der Waals surface area (Å²) in [5, 5.41) is 22.7. The number of aliphatic hydroxyl groups is 1. The van der Waals surface area contributed by atoms with Gasteiger partial charge in [-0.1, -0.05) is 15.9 Å². The molecule has 0 aliphatic carbocycles. The topological polar surface area (TPSA) is 122 Å². The lowest BCUT2D eigenvalue weighted by atomic mass is 10.2. The molecule has 0 unspecified atom stereocenters. The molecular formula is C15H16BrN3O5S. The molecule has 8 nitrogen and oxygen atoms in total. The summed E-state index contributed by atoms with van der Waals surface area (Å²) in [6, 6.07) is 8.30. The van der Waals surface area contributed by atoms with Gasteiger partial charge in [0.1, 0.15) is 0 Å². The van der Waals surface area contributed by atoms with Crippen LogP contribution in [0.3, 0.4) is 0 Å². The van der Waals surface area contributed by atoms with Crippen molar-refractivity contribution in [1.82, 2.24) is 0 Å². The molecule has 0 spiro atoms. The Bertz CT molecular complexity index is 902. The van der Waals surface area contributed by atoms with Gasteiger partial charge in [0.15, 0.2) is 0 Å². The van der Waals surface area contributed by atoms with E-state index in [0.717, 1.165) is 16.1 Å². The maximum atomic E-state index is 12.6. The molecule has 0 atom stereocenters. The van der Waals surface area contributed by atoms with E-state index in [1.54, 1.807) is 13.0 Å². The zero-order valence-electron chi connectivity index (χ0n) is 13.2. The van der Waals surface area contributed by atoms with Gasteiger partial charge in [-0.15, -0.1) is 0 Å². The number of aliphatic hydroxyl groups excluding tert-OH is 1. The molecule has 0 radical (unpaired) electrons. The van der Waals surface area contributed by atoms with Crippen LogP contribution >= 0.6 is 15.9 Å². The van der Waals surface area contributed by atoms with E-state index in [4.69, 9.17) is 5.11 Å². The van der Waals surface area contributed by atoms with Crippen LogP contribution in [-0.2, 0) is 10.0 Å². The number of hydrogen-bond acceptors (Lipinski definition) is 6. The third kappa shape index (κ3) is 4.68. The molecule has 134 valence electrons. The first-order valence-electron chi connectivity index (χ1n) is 7.17. The van der Waals surface area contributed by atoms with Crippen LogP contribution in [0.1, 0.15) is 5.56 Å². The van der Waals surface area contributed by atoms with Crippen molar-refractivity contribution in [3.63, 3.8) is 0 Å². The monoisotopic (exact) mass is 429 g/mol. The summed E-state index contributed by atoms with van der Waals surface area (Å²) in [6.07, 6.45) is 0. The van der Waals surface area contributed by atoms with Gasteiger partial charge >= 0.3 is 0 Å². The normalized spacial score (nSPS) is 11.2. The Morgan fingerprint density at radius 2 is 1.92 bits per heavy atom. The second kappa shape index (κ2) is 7.81. The summed E-state index contributed by atoms with van der Waals surface area (Å²) < 4.78 is 28.3. The van der Waals surface area contributed by atoms with Crippen molar-refractivity contribution < 1.29 is 18.4 Å². The summed E-state index contributed by atoms with van der Waals surface area (Å²) >= 11 is 3.30. The molecule has 0 bridgehead atoms. The Hall–Kier alpha value is -2.17. The molecule has 0 aliphatic rings. The van der Waals surface area contributed by atoms with Crippen LogP contribution in [-0.4, -0.2) is 31.6 Å². The summed E-state index contributed by atoms with van der Waals surface area (Å²) in [5.74, 6) is 0. The number of halogens is 1. The molecule has 3 N–H and O–H groups in total. The summed E-state index contributed by atoms with van der Waals surface area (Å²) in [6.45, 7) is 1.75. The molecule has 0 aromatic heterocycles. The summed E-state index contributed by atoms with van der Waals surface area (Å²) in [7, 11) is -3.94. The average molecular weight is 430 g/mol. The third-order valence-electron chi connectivity index (χ3n) is 3.33. The first-order chi connectivity index (χ1) is 11.7. The molecule has 2 rings (SSSR count). The fourth-order valence-electron chi connectivity index (χ4n) is 2.06. The van der Waals surface area contributed by atoms with Crippen LogP contribution < -0.4 is 10.0 Å². The second-order valence-electron chi connectivity index (χ2n) is 5.15. The first-order valence-corrected chi connectivity index (χ1v) is 9.44. The molecule has 0 fully saturated rings. The third-order valence-corrected chi connectivity index (χ3v) is 5.58. The van der Waals surface area contributed by atoms with Gasteiger partial charge in [0.05, 0.1) is 27.8 Å². The average Bonchev–Trinajstić information content (AvgIpc) is 2.55. The van der Waals surface area contributed by atoms with Gasteiger partial charge in [-0.3, -0.25) is 14.8 Å². The van der Waals surface area contributed by atoms with Gasteiger partial charge in [-0.2, -0.15) is 0 Å². The van der Waals surface area contributed by atoms with Crippen molar-refractivity contribution in [2.75, 3.05) is 23.2 Å². The van der Waals surface area contributed by atoms with Crippen LogP contribution in [0.5, 0.6) is 0 Å². The number of aryl methyl sites for hydroxylation is 1. The number of nitrogens with zero attached hydrogens (tertiary/aromatic N) is 1. The van der Waals surface area contributed by atoms with Crippen LogP contribution in [0.25, 0.3) is 0 Å². The van der Waals surface area contributed by atoms with Gasteiger partial charge in [0.25, 0.3) is 15.7 Å². The Labute approximate surface area is 153 Å². The quantitative estimate of drug-likeness (QED) is 0.459. The first kappa shape index (κ1) is 19.2. The molecule has 2 aromatic carbocycles. The lowest BCUT2D eigenvalue weighted by Gasteiger charge is -2.14. The van der Waals surface area contributed by atoms with E-state index in [1.165, 1.54) is 24.3 Å². The standard InChI is InChI=1S/C15H16BrN3O5S/c1-10-8-12(3-4-13(10)16)25(23,24)18-15-9-11(19(21)22)2-5-14(15)17-6-7-20/h2-5,8-9,17-18,20H,6-7H2,1H3. The van der Waals surface area contributed by atoms with Crippen LogP contribution in [0.2, 0.25) is 0 Å². The van der Waals surface area contributed by atoms with Crippen LogP contribution in [0.15, 0.2) is 45.8 Å². The van der Waals surface area contributed by atoms with Gasteiger partial charge < -0.3 is 10.4 Å². The fraction of sp³-hybridized carbons (Fsp3) is 0.200. The molecule has 10 heteroatoms.